The van der Waals surface area contributed by atoms with Crippen LogP contribution in [0.5, 0.6) is 0 Å². The van der Waals surface area contributed by atoms with Gasteiger partial charge < -0.3 is 11.1 Å². The van der Waals surface area contributed by atoms with Gasteiger partial charge >= 0.3 is 0 Å². The Kier molecular flexibility index (Phi) is 4.96. The molecule has 0 aromatic carbocycles. The molecular formula is C17H26N2OS. The van der Waals surface area contributed by atoms with E-state index in [-0.39, 0.29) is 23.9 Å². The zero-order chi connectivity index (χ0) is 14.7. The predicted molar refractivity (Wildman–Crippen MR) is 87.1 cm³/mol. The van der Waals surface area contributed by atoms with Crippen LogP contribution in [0.2, 0.25) is 0 Å². The first-order valence-electron chi connectivity index (χ1n) is 8.33. The molecule has 1 aromatic heterocycles. The smallest absolute Gasteiger partial charge is 0.223 e. The normalized spacial score (nSPS) is 28.4. The fourth-order valence-electron chi connectivity index (χ4n) is 3.92. The zero-order valence-corrected chi connectivity index (χ0v) is 13.4. The predicted octanol–water partition coefficient (Wildman–Crippen LogP) is 3.61. The lowest BCUT2D eigenvalue weighted by Crippen LogP contribution is -2.40. The molecule has 2 aliphatic carbocycles. The van der Waals surface area contributed by atoms with Gasteiger partial charge in [0, 0.05) is 16.8 Å². The van der Waals surface area contributed by atoms with Crippen LogP contribution in [0.1, 0.15) is 62.3 Å². The summed E-state index contributed by atoms with van der Waals surface area (Å²) in [5.74, 6) is 0.970. The van der Waals surface area contributed by atoms with Crippen LogP contribution in [-0.2, 0) is 4.79 Å². The van der Waals surface area contributed by atoms with Gasteiger partial charge in [0.25, 0.3) is 0 Å². The standard InChI is InChI=1S/C17H26N2OS/c18-14-8-3-7-13(11-14)17(20)19-16(12-5-1-2-6-12)15-9-4-10-21-15/h4,9-10,12-14,16H,1-3,5-8,11,18H2,(H,19,20). The maximum Gasteiger partial charge on any atom is 0.223 e. The van der Waals surface area contributed by atoms with E-state index in [4.69, 9.17) is 5.73 Å². The Morgan fingerprint density at radius 2 is 2.05 bits per heavy atom. The molecule has 1 amide bonds. The molecule has 2 fully saturated rings. The number of rotatable bonds is 4. The van der Waals surface area contributed by atoms with Gasteiger partial charge in [-0.05, 0) is 49.5 Å². The minimum Gasteiger partial charge on any atom is -0.348 e. The van der Waals surface area contributed by atoms with Crippen molar-refractivity contribution in [3.05, 3.63) is 22.4 Å². The molecule has 1 aromatic rings. The Morgan fingerprint density at radius 1 is 1.24 bits per heavy atom. The van der Waals surface area contributed by atoms with E-state index in [1.165, 1.54) is 30.6 Å². The molecule has 1 heterocycles. The molecule has 0 saturated heterocycles. The summed E-state index contributed by atoms with van der Waals surface area (Å²) >= 11 is 1.77. The minimum atomic E-state index is 0.123. The second-order valence-corrected chi connectivity index (χ2v) is 7.65. The van der Waals surface area contributed by atoms with Gasteiger partial charge in [0.2, 0.25) is 5.91 Å². The lowest BCUT2D eigenvalue weighted by Gasteiger charge is -2.29. The molecule has 0 aliphatic heterocycles. The molecule has 0 spiro atoms. The summed E-state index contributed by atoms with van der Waals surface area (Å²) in [6.07, 6.45) is 9.11. The molecule has 3 unspecified atom stereocenters. The van der Waals surface area contributed by atoms with E-state index in [1.807, 2.05) is 0 Å². The van der Waals surface area contributed by atoms with Crippen LogP contribution >= 0.6 is 11.3 Å². The van der Waals surface area contributed by atoms with E-state index in [2.05, 4.69) is 22.8 Å². The largest absolute Gasteiger partial charge is 0.348 e. The Morgan fingerprint density at radius 3 is 2.71 bits per heavy atom. The lowest BCUT2D eigenvalue weighted by molar-refractivity contribution is -0.127. The van der Waals surface area contributed by atoms with Gasteiger partial charge in [-0.2, -0.15) is 0 Å². The monoisotopic (exact) mass is 306 g/mol. The Hall–Kier alpha value is -0.870. The highest BCUT2D eigenvalue weighted by molar-refractivity contribution is 7.10. The summed E-state index contributed by atoms with van der Waals surface area (Å²) in [6, 6.07) is 4.69. The van der Waals surface area contributed by atoms with Gasteiger partial charge in [-0.3, -0.25) is 4.79 Å². The van der Waals surface area contributed by atoms with Gasteiger partial charge in [-0.25, -0.2) is 0 Å². The number of amides is 1. The van der Waals surface area contributed by atoms with Crippen LogP contribution < -0.4 is 11.1 Å². The molecule has 0 bridgehead atoms. The van der Waals surface area contributed by atoms with E-state index in [0.29, 0.717) is 5.92 Å². The minimum absolute atomic E-state index is 0.123. The fourth-order valence-corrected chi connectivity index (χ4v) is 4.79. The summed E-state index contributed by atoms with van der Waals surface area (Å²) < 4.78 is 0. The molecule has 21 heavy (non-hydrogen) atoms. The van der Waals surface area contributed by atoms with Crippen molar-refractivity contribution in [1.82, 2.24) is 5.32 Å². The highest BCUT2D eigenvalue weighted by Gasteiger charge is 2.32. The quantitative estimate of drug-likeness (QED) is 0.892. The molecular weight excluding hydrogens is 280 g/mol. The molecule has 116 valence electrons. The van der Waals surface area contributed by atoms with Crippen molar-refractivity contribution in [2.24, 2.45) is 17.6 Å². The average Bonchev–Trinajstić information content (AvgIpc) is 3.18. The van der Waals surface area contributed by atoms with Crippen LogP contribution in [0.3, 0.4) is 0 Å². The summed E-state index contributed by atoms with van der Waals surface area (Å²) in [5.41, 5.74) is 6.03. The van der Waals surface area contributed by atoms with Crippen LogP contribution in [0, 0.1) is 11.8 Å². The summed E-state index contributed by atoms with van der Waals surface area (Å²) in [7, 11) is 0. The summed E-state index contributed by atoms with van der Waals surface area (Å²) in [6.45, 7) is 0. The van der Waals surface area contributed by atoms with E-state index >= 15 is 0 Å². The number of thiophene rings is 1. The average molecular weight is 306 g/mol. The third-order valence-corrected chi connectivity index (χ3v) is 6.06. The first-order valence-corrected chi connectivity index (χ1v) is 9.21. The number of nitrogens with one attached hydrogen (secondary N) is 1. The van der Waals surface area contributed by atoms with Gasteiger partial charge in [0.15, 0.2) is 0 Å². The zero-order valence-electron chi connectivity index (χ0n) is 12.6. The van der Waals surface area contributed by atoms with E-state index in [0.717, 1.165) is 25.7 Å². The molecule has 2 saturated carbocycles. The van der Waals surface area contributed by atoms with Crippen molar-refractivity contribution in [2.45, 2.75) is 63.5 Å². The maximum absolute atomic E-state index is 12.6. The summed E-state index contributed by atoms with van der Waals surface area (Å²) in [5, 5.41) is 5.48. The van der Waals surface area contributed by atoms with Crippen LogP contribution in [-0.4, -0.2) is 11.9 Å². The lowest BCUT2D eigenvalue weighted by atomic mass is 9.85. The summed E-state index contributed by atoms with van der Waals surface area (Å²) in [4.78, 5) is 14.0. The first kappa shape index (κ1) is 15.0. The molecule has 3 rings (SSSR count). The van der Waals surface area contributed by atoms with Crippen LogP contribution in [0.15, 0.2) is 17.5 Å². The van der Waals surface area contributed by atoms with Gasteiger partial charge in [-0.15, -0.1) is 11.3 Å². The van der Waals surface area contributed by atoms with Crippen molar-refractivity contribution in [2.75, 3.05) is 0 Å². The Labute approximate surface area is 131 Å². The van der Waals surface area contributed by atoms with Crippen molar-refractivity contribution in [1.29, 1.82) is 0 Å². The molecule has 0 radical (unpaired) electrons. The highest BCUT2D eigenvalue weighted by atomic mass is 32.1. The van der Waals surface area contributed by atoms with Crippen molar-refractivity contribution in [3.63, 3.8) is 0 Å². The molecule has 3 N–H and O–H groups in total. The maximum atomic E-state index is 12.6. The number of nitrogens with two attached hydrogens (primary N) is 1. The van der Waals surface area contributed by atoms with Gasteiger partial charge in [0.1, 0.15) is 0 Å². The number of hydrogen-bond acceptors (Lipinski definition) is 3. The van der Waals surface area contributed by atoms with Crippen LogP contribution in [0.25, 0.3) is 0 Å². The molecule has 2 aliphatic rings. The number of carbonyl (C=O) groups is 1. The molecule has 3 nitrogen and oxygen atoms in total. The highest BCUT2D eigenvalue weighted by Crippen LogP contribution is 2.38. The van der Waals surface area contributed by atoms with Crippen molar-refractivity contribution >= 4 is 17.2 Å². The Bertz CT molecular complexity index is 453. The second kappa shape index (κ2) is 6.93. The molecule has 4 heteroatoms. The van der Waals surface area contributed by atoms with E-state index in [9.17, 15) is 4.79 Å². The first-order chi connectivity index (χ1) is 10.2. The Balaban J connectivity index is 1.67. The second-order valence-electron chi connectivity index (χ2n) is 6.67. The third-order valence-electron chi connectivity index (χ3n) is 5.10. The number of hydrogen-bond donors (Lipinski definition) is 2. The fraction of sp³-hybridized carbons (Fsp3) is 0.706. The van der Waals surface area contributed by atoms with Crippen molar-refractivity contribution in [3.8, 4) is 0 Å². The number of carbonyl (C=O) groups excluding carboxylic acids is 1. The topological polar surface area (TPSA) is 55.1 Å². The molecule has 3 atom stereocenters. The van der Waals surface area contributed by atoms with E-state index in [1.54, 1.807) is 11.3 Å². The third kappa shape index (κ3) is 3.67. The van der Waals surface area contributed by atoms with Gasteiger partial charge in [0.05, 0.1) is 6.04 Å². The van der Waals surface area contributed by atoms with Gasteiger partial charge in [-0.1, -0.05) is 25.3 Å². The van der Waals surface area contributed by atoms with Crippen molar-refractivity contribution < 1.29 is 4.79 Å². The van der Waals surface area contributed by atoms with Crippen LogP contribution in [0.4, 0.5) is 0 Å². The SMILES string of the molecule is NC1CCCC(C(=O)NC(c2cccs2)C2CCCC2)C1. The van der Waals surface area contributed by atoms with E-state index < -0.39 is 0 Å².